The highest BCUT2D eigenvalue weighted by Crippen LogP contribution is 2.79. The first-order valence-corrected chi connectivity index (χ1v) is 13.4. The molecule has 2 bridgehead atoms. The summed E-state index contributed by atoms with van der Waals surface area (Å²) in [6.07, 6.45) is 4.80. The summed E-state index contributed by atoms with van der Waals surface area (Å²) in [6.45, 7) is 7.56. The van der Waals surface area contributed by atoms with Gasteiger partial charge in [0.25, 0.3) is 0 Å². The summed E-state index contributed by atoms with van der Waals surface area (Å²) in [5, 5.41) is 3.66. The third kappa shape index (κ3) is 4.65. The third-order valence-corrected chi connectivity index (χ3v) is 9.88. The summed E-state index contributed by atoms with van der Waals surface area (Å²) >= 11 is 6.49. The third-order valence-electron chi connectivity index (χ3n) is 9.38. The van der Waals surface area contributed by atoms with Gasteiger partial charge in [0.05, 0.1) is 16.5 Å². The molecular formula is C28H37ClF4N2O. The van der Waals surface area contributed by atoms with E-state index in [1.807, 2.05) is 6.92 Å². The van der Waals surface area contributed by atoms with E-state index in [0.29, 0.717) is 16.3 Å². The molecule has 0 radical (unpaired) electrons. The molecule has 1 atom stereocenters. The Morgan fingerprint density at radius 1 is 1.14 bits per heavy atom. The predicted molar refractivity (Wildman–Crippen MR) is 134 cm³/mol. The fourth-order valence-corrected chi connectivity index (χ4v) is 7.15. The van der Waals surface area contributed by atoms with Gasteiger partial charge in [0.1, 0.15) is 5.82 Å². The van der Waals surface area contributed by atoms with Crippen LogP contribution in [0.4, 0.5) is 17.6 Å². The van der Waals surface area contributed by atoms with E-state index >= 15 is 0 Å². The lowest BCUT2D eigenvalue weighted by Crippen LogP contribution is -2.69. The van der Waals surface area contributed by atoms with Crippen LogP contribution in [0.3, 0.4) is 0 Å². The van der Waals surface area contributed by atoms with Gasteiger partial charge in [-0.05, 0) is 68.9 Å². The Morgan fingerprint density at radius 3 is 2.19 bits per heavy atom. The molecule has 0 heterocycles. The van der Waals surface area contributed by atoms with Crippen molar-refractivity contribution in [1.29, 1.82) is 0 Å². The van der Waals surface area contributed by atoms with Gasteiger partial charge in [-0.3, -0.25) is 4.79 Å². The Balaban J connectivity index is 0.000000211. The number of amides is 1. The average Bonchev–Trinajstić information content (AvgIpc) is 3.40. The number of carbonyl (C=O) groups excluding carboxylic acids is 1. The molecule has 1 aromatic carbocycles. The predicted octanol–water partition coefficient (Wildman–Crippen LogP) is 7.91. The fourth-order valence-electron chi connectivity index (χ4n) is 6.89. The highest BCUT2D eigenvalue weighted by atomic mass is 35.5. The van der Waals surface area contributed by atoms with Gasteiger partial charge < -0.3 is 11.1 Å². The van der Waals surface area contributed by atoms with Crippen LogP contribution in [0.1, 0.15) is 94.7 Å². The lowest BCUT2D eigenvalue weighted by Gasteiger charge is -2.70. The van der Waals surface area contributed by atoms with Crippen molar-refractivity contribution in [3.05, 3.63) is 46.4 Å². The van der Waals surface area contributed by atoms with Crippen LogP contribution in [-0.4, -0.2) is 12.1 Å². The topological polar surface area (TPSA) is 55.1 Å². The molecule has 200 valence electrons. The molecular weight excluding hydrogens is 492 g/mol. The van der Waals surface area contributed by atoms with Gasteiger partial charge in [-0.25, -0.2) is 4.39 Å². The van der Waals surface area contributed by atoms with Gasteiger partial charge in [0.2, 0.25) is 5.91 Å². The van der Waals surface area contributed by atoms with Crippen LogP contribution >= 0.6 is 11.6 Å². The zero-order valence-corrected chi connectivity index (χ0v) is 21.9. The Morgan fingerprint density at radius 2 is 1.69 bits per heavy atom. The summed E-state index contributed by atoms with van der Waals surface area (Å²) < 4.78 is 51.6. The van der Waals surface area contributed by atoms with Crippen LogP contribution in [0.2, 0.25) is 5.02 Å². The second-order valence-corrected chi connectivity index (χ2v) is 12.4. The fraction of sp³-hybridized carbons (Fsp3) is 0.679. The monoisotopic (exact) mass is 528 g/mol. The Bertz CT molecular complexity index is 1010. The number of carbonyl (C=O) groups is 1. The standard InChI is InChI=1S/C20H27ClFNO.C8H10F3N/c1-13-9-10-15(22)16(17(13)21)18(20(2)11-5-6-12-20)23-19(24)14-7-3-4-8-14;1-5(12)6-2-7(3-6,4-6)8(9,10)11/h9-10,14,18H,3-8,11-12H2,1-2H3,(H,23,24);1-4,12H2. The van der Waals surface area contributed by atoms with Gasteiger partial charge >= 0.3 is 6.18 Å². The van der Waals surface area contributed by atoms with Crippen molar-refractivity contribution >= 4 is 17.5 Å². The van der Waals surface area contributed by atoms with Crippen molar-refractivity contribution in [3.63, 3.8) is 0 Å². The van der Waals surface area contributed by atoms with Crippen LogP contribution in [0.25, 0.3) is 0 Å². The van der Waals surface area contributed by atoms with Gasteiger partial charge in [-0.1, -0.05) is 56.9 Å². The van der Waals surface area contributed by atoms with Crippen molar-refractivity contribution in [2.75, 3.05) is 0 Å². The number of nitrogens with one attached hydrogen (secondary N) is 1. The minimum Gasteiger partial charge on any atom is -0.402 e. The Kier molecular flexibility index (Phi) is 7.21. The van der Waals surface area contributed by atoms with Crippen LogP contribution in [0.15, 0.2) is 24.4 Å². The maximum Gasteiger partial charge on any atom is 0.394 e. The number of rotatable bonds is 5. The molecule has 5 aliphatic carbocycles. The molecule has 0 saturated heterocycles. The van der Waals surface area contributed by atoms with Gasteiger partial charge in [0, 0.05) is 22.6 Å². The number of allylic oxidation sites excluding steroid dienone is 1. The van der Waals surface area contributed by atoms with Crippen LogP contribution in [-0.2, 0) is 4.79 Å². The number of hydrogen-bond acceptors (Lipinski definition) is 2. The normalized spacial score (nSPS) is 29.4. The number of benzene rings is 1. The molecule has 5 fully saturated rings. The summed E-state index contributed by atoms with van der Waals surface area (Å²) in [5.41, 5.74) is 5.29. The van der Waals surface area contributed by atoms with E-state index in [9.17, 15) is 22.4 Å². The van der Waals surface area contributed by atoms with E-state index in [2.05, 4.69) is 18.8 Å². The number of halogens is 5. The van der Waals surface area contributed by atoms with Crippen LogP contribution in [0.5, 0.6) is 0 Å². The molecule has 3 nitrogen and oxygen atoms in total. The summed E-state index contributed by atoms with van der Waals surface area (Å²) in [7, 11) is 0. The van der Waals surface area contributed by atoms with Crippen molar-refractivity contribution < 1.29 is 22.4 Å². The summed E-state index contributed by atoms with van der Waals surface area (Å²) in [4.78, 5) is 12.8. The molecule has 6 rings (SSSR count). The second-order valence-electron chi connectivity index (χ2n) is 12.0. The number of aryl methyl sites for hydroxylation is 1. The lowest BCUT2D eigenvalue weighted by atomic mass is 9.34. The van der Waals surface area contributed by atoms with E-state index in [0.717, 1.165) is 56.9 Å². The van der Waals surface area contributed by atoms with Crippen molar-refractivity contribution in [1.82, 2.24) is 5.32 Å². The molecule has 36 heavy (non-hydrogen) atoms. The molecule has 3 N–H and O–H groups in total. The van der Waals surface area contributed by atoms with Gasteiger partial charge in [-0.15, -0.1) is 0 Å². The van der Waals surface area contributed by atoms with E-state index in [4.69, 9.17) is 17.3 Å². The van der Waals surface area contributed by atoms with E-state index in [-0.39, 0.29) is 53.8 Å². The average molecular weight is 529 g/mol. The first-order chi connectivity index (χ1) is 16.7. The first-order valence-electron chi connectivity index (χ1n) is 13.0. The summed E-state index contributed by atoms with van der Waals surface area (Å²) in [5.74, 6) is -0.165. The number of nitrogens with two attached hydrogens (primary N) is 1. The molecule has 1 unspecified atom stereocenters. The molecule has 8 heteroatoms. The Hall–Kier alpha value is -1.76. The highest BCUT2D eigenvalue weighted by Gasteiger charge is 2.78. The van der Waals surface area contributed by atoms with Crippen molar-refractivity contribution in [2.45, 2.75) is 96.7 Å². The van der Waals surface area contributed by atoms with Gasteiger partial charge in [-0.2, -0.15) is 13.2 Å². The number of alkyl halides is 3. The summed E-state index contributed by atoms with van der Waals surface area (Å²) in [6, 6.07) is 2.83. The molecule has 1 aromatic rings. The highest BCUT2D eigenvalue weighted by molar-refractivity contribution is 6.32. The molecule has 0 aromatic heterocycles. The quantitative estimate of drug-likeness (QED) is 0.381. The van der Waals surface area contributed by atoms with Crippen LogP contribution in [0, 0.1) is 34.9 Å². The maximum absolute atomic E-state index is 14.7. The van der Waals surface area contributed by atoms with E-state index in [1.165, 1.54) is 6.07 Å². The zero-order valence-electron chi connectivity index (χ0n) is 21.2. The molecule has 1 amide bonds. The molecule has 5 aliphatic rings. The first kappa shape index (κ1) is 27.3. The largest absolute Gasteiger partial charge is 0.402 e. The molecule has 0 spiro atoms. The molecule has 0 aliphatic heterocycles. The van der Waals surface area contributed by atoms with Crippen molar-refractivity contribution in [2.24, 2.45) is 27.9 Å². The maximum atomic E-state index is 14.7. The van der Waals surface area contributed by atoms with E-state index in [1.54, 1.807) is 6.07 Å². The second kappa shape index (κ2) is 9.52. The number of hydrogen-bond donors (Lipinski definition) is 2. The minimum atomic E-state index is -4.04. The zero-order chi connectivity index (χ0) is 26.5. The Labute approximate surface area is 216 Å². The minimum absolute atomic E-state index is 0.0718. The molecule has 5 saturated carbocycles. The SMILES string of the molecule is C=C(N)C12CC(C(F)(F)F)(C1)C2.Cc1ccc(F)c(C(NC(=O)C2CCCC2)C2(C)CCCC2)c1Cl. The van der Waals surface area contributed by atoms with Gasteiger partial charge in [0.15, 0.2) is 0 Å². The lowest BCUT2D eigenvalue weighted by molar-refractivity contribution is -0.352. The van der Waals surface area contributed by atoms with Crippen LogP contribution < -0.4 is 11.1 Å². The smallest absolute Gasteiger partial charge is 0.394 e. The van der Waals surface area contributed by atoms with Crippen molar-refractivity contribution in [3.8, 4) is 0 Å². The van der Waals surface area contributed by atoms with E-state index < -0.39 is 11.6 Å².